The largest absolute Gasteiger partial charge is 0.481 e. The molecule has 1 aliphatic heterocycles. The van der Waals surface area contributed by atoms with Gasteiger partial charge in [-0.05, 0) is 12.0 Å². The van der Waals surface area contributed by atoms with E-state index in [1.807, 2.05) is 30.3 Å². The predicted octanol–water partition coefficient (Wildman–Crippen LogP) is 1.10. The standard InChI is InChI=1S/C12H12O4/c13-11(14)10-7-16-12(15)9(10)6-8-4-2-1-3-5-8/h1-5,9-10H,6-7H2,(H,13,14)/t9-,10+/m0/s1. The van der Waals surface area contributed by atoms with Gasteiger partial charge in [-0.25, -0.2) is 0 Å². The summed E-state index contributed by atoms with van der Waals surface area (Å²) in [6.07, 6.45) is 0.427. The van der Waals surface area contributed by atoms with Crippen molar-refractivity contribution >= 4 is 11.9 Å². The number of aliphatic carboxylic acids is 1. The average Bonchev–Trinajstić information content (AvgIpc) is 2.62. The summed E-state index contributed by atoms with van der Waals surface area (Å²) in [5, 5.41) is 8.95. The third-order valence-electron chi connectivity index (χ3n) is 2.81. The number of ether oxygens (including phenoxy) is 1. The minimum absolute atomic E-state index is 0.00827. The lowest BCUT2D eigenvalue weighted by molar-refractivity contribution is -0.144. The van der Waals surface area contributed by atoms with Gasteiger partial charge in [-0.3, -0.25) is 9.59 Å². The fourth-order valence-corrected chi connectivity index (χ4v) is 1.90. The molecule has 16 heavy (non-hydrogen) atoms. The number of hydrogen-bond donors (Lipinski definition) is 1. The molecule has 0 radical (unpaired) electrons. The summed E-state index contributed by atoms with van der Waals surface area (Å²) in [4.78, 5) is 22.3. The molecule has 1 aromatic carbocycles. The van der Waals surface area contributed by atoms with Crippen LogP contribution in [0.2, 0.25) is 0 Å². The molecule has 0 unspecified atom stereocenters. The summed E-state index contributed by atoms with van der Waals surface area (Å²) in [5.74, 6) is -2.64. The molecule has 1 aliphatic rings. The highest BCUT2D eigenvalue weighted by Gasteiger charge is 2.41. The highest BCUT2D eigenvalue weighted by Crippen LogP contribution is 2.26. The third kappa shape index (κ3) is 2.05. The van der Waals surface area contributed by atoms with Gasteiger partial charge in [-0.1, -0.05) is 30.3 Å². The second-order valence-electron chi connectivity index (χ2n) is 3.87. The first-order valence-electron chi connectivity index (χ1n) is 5.12. The Morgan fingerprint density at radius 1 is 1.38 bits per heavy atom. The van der Waals surface area contributed by atoms with E-state index in [9.17, 15) is 9.59 Å². The highest BCUT2D eigenvalue weighted by molar-refractivity contribution is 5.84. The summed E-state index contributed by atoms with van der Waals surface area (Å²) in [5.41, 5.74) is 0.956. The molecule has 0 bridgehead atoms. The van der Waals surface area contributed by atoms with Gasteiger partial charge in [0.25, 0.3) is 0 Å². The summed E-state index contributed by atoms with van der Waals surface area (Å²) in [6, 6.07) is 9.37. The summed E-state index contributed by atoms with van der Waals surface area (Å²) < 4.78 is 4.79. The van der Waals surface area contributed by atoms with E-state index in [-0.39, 0.29) is 6.61 Å². The number of carbonyl (C=O) groups is 2. The molecule has 0 spiro atoms. The topological polar surface area (TPSA) is 63.6 Å². The Hall–Kier alpha value is -1.84. The molecule has 4 nitrogen and oxygen atoms in total. The molecule has 84 valence electrons. The zero-order valence-corrected chi connectivity index (χ0v) is 8.63. The van der Waals surface area contributed by atoms with Gasteiger partial charge in [0.15, 0.2) is 0 Å². The molecule has 0 saturated carbocycles. The molecule has 2 atom stereocenters. The number of carboxylic acid groups (broad SMARTS) is 1. The lowest BCUT2D eigenvalue weighted by atomic mass is 9.89. The number of carboxylic acids is 1. The first kappa shape index (κ1) is 10.7. The minimum atomic E-state index is -0.966. The Labute approximate surface area is 92.8 Å². The van der Waals surface area contributed by atoms with Crippen LogP contribution in [0.15, 0.2) is 30.3 Å². The van der Waals surface area contributed by atoms with Gasteiger partial charge in [0.05, 0.1) is 5.92 Å². The minimum Gasteiger partial charge on any atom is -0.481 e. The van der Waals surface area contributed by atoms with E-state index in [0.29, 0.717) is 6.42 Å². The van der Waals surface area contributed by atoms with Crippen LogP contribution in [0.3, 0.4) is 0 Å². The summed E-state index contributed by atoms with van der Waals surface area (Å²) >= 11 is 0. The Morgan fingerprint density at radius 3 is 2.69 bits per heavy atom. The van der Waals surface area contributed by atoms with Crippen LogP contribution in [0.5, 0.6) is 0 Å². The quantitative estimate of drug-likeness (QED) is 0.775. The van der Waals surface area contributed by atoms with Gasteiger partial charge >= 0.3 is 11.9 Å². The number of cyclic esters (lactones) is 1. The van der Waals surface area contributed by atoms with Crippen molar-refractivity contribution in [1.29, 1.82) is 0 Å². The van der Waals surface area contributed by atoms with Crippen LogP contribution in [0.1, 0.15) is 5.56 Å². The zero-order valence-electron chi connectivity index (χ0n) is 8.63. The highest BCUT2D eigenvalue weighted by atomic mass is 16.5. The van der Waals surface area contributed by atoms with Crippen LogP contribution in [0.4, 0.5) is 0 Å². The SMILES string of the molecule is O=C1OC[C@@H](C(=O)O)[C@@H]1Cc1ccccc1. The Kier molecular flexibility index (Phi) is 2.90. The molecule has 1 saturated heterocycles. The maximum absolute atomic E-state index is 11.4. The van der Waals surface area contributed by atoms with Crippen molar-refractivity contribution in [3.8, 4) is 0 Å². The van der Waals surface area contributed by atoms with Crippen molar-refractivity contribution < 1.29 is 19.4 Å². The first-order chi connectivity index (χ1) is 7.68. The van der Waals surface area contributed by atoms with Crippen LogP contribution >= 0.6 is 0 Å². The predicted molar refractivity (Wildman–Crippen MR) is 55.7 cm³/mol. The molecule has 1 aromatic rings. The number of rotatable bonds is 3. The lowest BCUT2D eigenvalue weighted by Crippen LogP contribution is -2.25. The maximum Gasteiger partial charge on any atom is 0.310 e. The lowest BCUT2D eigenvalue weighted by Gasteiger charge is -2.10. The molecule has 2 rings (SSSR count). The van der Waals surface area contributed by atoms with Crippen LogP contribution in [0, 0.1) is 11.8 Å². The summed E-state index contributed by atoms with van der Waals surface area (Å²) in [7, 11) is 0. The van der Waals surface area contributed by atoms with Crippen LogP contribution in [-0.2, 0) is 20.7 Å². The van der Waals surface area contributed by atoms with Gasteiger partial charge in [-0.15, -0.1) is 0 Å². The van der Waals surface area contributed by atoms with Gasteiger partial charge in [0.1, 0.15) is 12.5 Å². The van der Waals surface area contributed by atoms with Gasteiger partial charge < -0.3 is 9.84 Å². The molecule has 0 aliphatic carbocycles. The molecule has 1 heterocycles. The van der Waals surface area contributed by atoms with Gasteiger partial charge in [-0.2, -0.15) is 0 Å². The monoisotopic (exact) mass is 220 g/mol. The molecule has 0 amide bonds. The summed E-state index contributed by atoms with van der Waals surface area (Å²) in [6.45, 7) is -0.00827. The zero-order chi connectivity index (χ0) is 11.5. The van der Waals surface area contributed by atoms with E-state index in [0.717, 1.165) is 5.56 Å². The van der Waals surface area contributed by atoms with Crippen molar-refractivity contribution in [2.45, 2.75) is 6.42 Å². The second kappa shape index (κ2) is 4.35. The molecular weight excluding hydrogens is 208 g/mol. The normalized spacial score (nSPS) is 24.1. The second-order valence-corrected chi connectivity index (χ2v) is 3.87. The van der Waals surface area contributed by atoms with E-state index in [1.165, 1.54) is 0 Å². The first-order valence-corrected chi connectivity index (χ1v) is 5.12. The third-order valence-corrected chi connectivity index (χ3v) is 2.81. The number of carbonyl (C=O) groups excluding carboxylic acids is 1. The van der Waals surface area contributed by atoms with Gasteiger partial charge in [0, 0.05) is 0 Å². The van der Waals surface area contributed by atoms with Crippen LogP contribution in [0.25, 0.3) is 0 Å². The molecular formula is C12H12O4. The van der Waals surface area contributed by atoms with Crippen molar-refractivity contribution in [3.63, 3.8) is 0 Å². The number of benzene rings is 1. The Morgan fingerprint density at radius 2 is 2.06 bits per heavy atom. The number of esters is 1. The van der Waals surface area contributed by atoms with Crippen LogP contribution in [-0.4, -0.2) is 23.7 Å². The smallest absolute Gasteiger partial charge is 0.310 e. The molecule has 0 aromatic heterocycles. The maximum atomic E-state index is 11.4. The number of hydrogen-bond acceptors (Lipinski definition) is 3. The van der Waals surface area contributed by atoms with E-state index in [4.69, 9.17) is 9.84 Å². The van der Waals surface area contributed by atoms with Crippen molar-refractivity contribution in [1.82, 2.24) is 0 Å². The fourth-order valence-electron chi connectivity index (χ4n) is 1.90. The van der Waals surface area contributed by atoms with E-state index < -0.39 is 23.8 Å². The van der Waals surface area contributed by atoms with Crippen molar-refractivity contribution in [3.05, 3.63) is 35.9 Å². The van der Waals surface area contributed by atoms with E-state index in [1.54, 1.807) is 0 Å². The van der Waals surface area contributed by atoms with Crippen LogP contribution < -0.4 is 0 Å². The fraction of sp³-hybridized carbons (Fsp3) is 0.333. The molecule has 4 heteroatoms. The molecule has 1 N–H and O–H groups in total. The Balaban J connectivity index is 2.13. The Bertz CT molecular complexity index is 399. The van der Waals surface area contributed by atoms with Crippen molar-refractivity contribution in [2.75, 3.05) is 6.61 Å². The van der Waals surface area contributed by atoms with E-state index >= 15 is 0 Å². The van der Waals surface area contributed by atoms with Gasteiger partial charge in [0.2, 0.25) is 0 Å². The average molecular weight is 220 g/mol. The molecule has 1 fully saturated rings. The van der Waals surface area contributed by atoms with E-state index in [2.05, 4.69) is 0 Å². The van der Waals surface area contributed by atoms with Crippen molar-refractivity contribution in [2.24, 2.45) is 11.8 Å².